The molecule has 0 aliphatic heterocycles. The van der Waals surface area contributed by atoms with Gasteiger partial charge in [0.25, 0.3) is 5.69 Å². The maximum atomic E-state index is 12.3. The van der Waals surface area contributed by atoms with Gasteiger partial charge in [-0.15, -0.1) is 21.5 Å². The zero-order valence-electron chi connectivity index (χ0n) is 16.5. The highest BCUT2D eigenvalue weighted by Crippen LogP contribution is 2.33. The zero-order valence-corrected chi connectivity index (χ0v) is 18.1. The summed E-state index contributed by atoms with van der Waals surface area (Å²) in [4.78, 5) is 23.9. The van der Waals surface area contributed by atoms with E-state index in [1.54, 1.807) is 17.4 Å². The van der Waals surface area contributed by atoms with Crippen molar-refractivity contribution in [3.63, 3.8) is 0 Å². The summed E-state index contributed by atoms with van der Waals surface area (Å²) in [5.74, 6) is 0.649. The lowest BCUT2D eigenvalue weighted by molar-refractivity contribution is -0.384. The monoisotopic (exact) mass is 431 g/mol. The lowest BCUT2D eigenvalue weighted by Crippen LogP contribution is -2.15. The molecule has 0 atom stereocenters. The third-order valence-electron chi connectivity index (χ3n) is 4.38. The number of thiophene rings is 1. The summed E-state index contributed by atoms with van der Waals surface area (Å²) in [7, 11) is 0. The van der Waals surface area contributed by atoms with Gasteiger partial charge in [-0.1, -0.05) is 17.8 Å². The first-order valence-corrected chi connectivity index (χ1v) is 10.8. The fourth-order valence-corrected chi connectivity index (χ4v) is 4.51. The first-order valence-electron chi connectivity index (χ1n) is 8.95. The second kappa shape index (κ2) is 8.75. The Morgan fingerprint density at radius 2 is 2.10 bits per heavy atom. The standard InChI is InChI=1S/C19H21N5O3S2/c1-11(2)23-18(16-9-28-13(4)12(16)3)21-22-19(23)29-10-17(25)20-14-6-5-7-15(8-14)24(26)27/h5-9,11H,10H2,1-4H3,(H,20,25). The maximum Gasteiger partial charge on any atom is 0.271 e. The zero-order chi connectivity index (χ0) is 21.1. The van der Waals surface area contributed by atoms with E-state index in [2.05, 4.69) is 48.6 Å². The second-order valence-electron chi connectivity index (χ2n) is 6.74. The topological polar surface area (TPSA) is 103 Å². The van der Waals surface area contributed by atoms with Crippen molar-refractivity contribution in [1.82, 2.24) is 14.8 Å². The third-order valence-corrected chi connectivity index (χ3v) is 6.34. The van der Waals surface area contributed by atoms with Gasteiger partial charge in [0, 0.05) is 39.7 Å². The van der Waals surface area contributed by atoms with Gasteiger partial charge < -0.3 is 5.32 Å². The van der Waals surface area contributed by atoms with Gasteiger partial charge in [0.05, 0.1) is 10.7 Å². The molecule has 8 nitrogen and oxygen atoms in total. The number of aryl methyl sites for hydroxylation is 1. The SMILES string of the molecule is Cc1scc(-c2nnc(SCC(=O)Nc3cccc([N+](=O)[O-])c3)n2C(C)C)c1C. The lowest BCUT2D eigenvalue weighted by atomic mass is 10.1. The Kier molecular flexibility index (Phi) is 6.33. The number of anilines is 1. The summed E-state index contributed by atoms with van der Waals surface area (Å²) in [5.41, 5.74) is 2.56. The van der Waals surface area contributed by atoms with Crippen LogP contribution in [-0.4, -0.2) is 31.3 Å². The average molecular weight is 432 g/mol. The van der Waals surface area contributed by atoms with E-state index < -0.39 is 4.92 Å². The highest BCUT2D eigenvalue weighted by Gasteiger charge is 2.20. The molecule has 3 rings (SSSR count). The van der Waals surface area contributed by atoms with E-state index >= 15 is 0 Å². The lowest BCUT2D eigenvalue weighted by Gasteiger charge is -2.13. The van der Waals surface area contributed by atoms with Crippen LogP contribution in [0.2, 0.25) is 0 Å². The van der Waals surface area contributed by atoms with Crippen molar-refractivity contribution >= 4 is 40.4 Å². The number of rotatable bonds is 7. The molecule has 0 saturated heterocycles. The number of non-ortho nitro benzene ring substituents is 1. The number of thioether (sulfide) groups is 1. The van der Waals surface area contributed by atoms with Crippen LogP contribution in [0.15, 0.2) is 34.8 Å². The Hall–Kier alpha value is -2.72. The molecule has 0 radical (unpaired) electrons. The Balaban J connectivity index is 1.74. The molecule has 0 aliphatic carbocycles. The predicted octanol–water partition coefficient (Wildman–Crippen LogP) is 4.84. The van der Waals surface area contributed by atoms with Crippen LogP contribution < -0.4 is 5.32 Å². The van der Waals surface area contributed by atoms with Gasteiger partial charge in [-0.3, -0.25) is 19.5 Å². The van der Waals surface area contributed by atoms with Gasteiger partial charge >= 0.3 is 0 Å². The quantitative estimate of drug-likeness (QED) is 0.326. The number of nitro benzene ring substituents is 1. The van der Waals surface area contributed by atoms with Crippen molar-refractivity contribution in [2.45, 2.75) is 38.9 Å². The summed E-state index contributed by atoms with van der Waals surface area (Å²) in [5, 5.41) is 25.0. The van der Waals surface area contributed by atoms with Crippen molar-refractivity contribution in [3.05, 3.63) is 50.2 Å². The highest BCUT2D eigenvalue weighted by atomic mass is 32.2. The van der Waals surface area contributed by atoms with Crippen LogP contribution in [0.25, 0.3) is 11.4 Å². The molecule has 152 valence electrons. The third kappa shape index (κ3) is 4.65. The summed E-state index contributed by atoms with van der Waals surface area (Å²) in [6.07, 6.45) is 0. The molecule has 0 unspecified atom stereocenters. The van der Waals surface area contributed by atoms with Crippen LogP contribution in [0.4, 0.5) is 11.4 Å². The molecular formula is C19H21N5O3S2. The fraction of sp³-hybridized carbons (Fsp3) is 0.316. The van der Waals surface area contributed by atoms with E-state index in [0.29, 0.717) is 10.8 Å². The number of hydrogen-bond acceptors (Lipinski definition) is 7. The normalized spacial score (nSPS) is 11.1. The Morgan fingerprint density at radius 3 is 2.72 bits per heavy atom. The molecule has 10 heteroatoms. The summed E-state index contributed by atoms with van der Waals surface area (Å²) >= 11 is 2.97. The van der Waals surface area contributed by atoms with Crippen LogP contribution >= 0.6 is 23.1 Å². The van der Waals surface area contributed by atoms with Gasteiger partial charge in [-0.2, -0.15) is 0 Å². The number of aromatic nitrogens is 3. The van der Waals surface area contributed by atoms with E-state index in [1.807, 2.05) is 4.57 Å². The minimum Gasteiger partial charge on any atom is -0.325 e. The second-order valence-corrected chi connectivity index (χ2v) is 8.77. The molecule has 1 aromatic carbocycles. The van der Waals surface area contributed by atoms with Crippen molar-refractivity contribution < 1.29 is 9.72 Å². The van der Waals surface area contributed by atoms with E-state index in [0.717, 1.165) is 11.4 Å². The number of nitrogens with zero attached hydrogens (tertiary/aromatic N) is 4. The molecule has 3 aromatic rings. The van der Waals surface area contributed by atoms with Crippen LogP contribution in [-0.2, 0) is 4.79 Å². The molecule has 0 spiro atoms. The van der Waals surface area contributed by atoms with Crippen LogP contribution in [0.1, 0.15) is 30.3 Å². The molecule has 2 heterocycles. The number of benzene rings is 1. The van der Waals surface area contributed by atoms with Crippen LogP contribution in [0, 0.1) is 24.0 Å². The van der Waals surface area contributed by atoms with E-state index in [4.69, 9.17) is 0 Å². The van der Waals surface area contributed by atoms with Crippen molar-refractivity contribution in [1.29, 1.82) is 0 Å². The maximum absolute atomic E-state index is 12.3. The number of carbonyl (C=O) groups is 1. The molecule has 1 N–H and O–H groups in total. The number of nitrogens with one attached hydrogen (secondary N) is 1. The first-order chi connectivity index (χ1) is 13.8. The Labute approximate surface area is 176 Å². The van der Waals surface area contributed by atoms with Gasteiger partial charge in [0.1, 0.15) is 0 Å². The minimum atomic E-state index is -0.495. The van der Waals surface area contributed by atoms with Crippen LogP contribution in [0.5, 0.6) is 0 Å². The Morgan fingerprint density at radius 1 is 1.34 bits per heavy atom. The Bertz CT molecular complexity index is 1060. The molecule has 0 aliphatic rings. The van der Waals surface area contributed by atoms with Crippen LogP contribution in [0.3, 0.4) is 0 Å². The predicted molar refractivity (Wildman–Crippen MR) is 116 cm³/mol. The summed E-state index contributed by atoms with van der Waals surface area (Å²) in [6.45, 7) is 8.25. The molecule has 2 aromatic heterocycles. The summed E-state index contributed by atoms with van der Waals surface area (Å²) < 4.78 is 2.03. The van der Waals surface area contributed by atoms with E-state index in [9.17, 15) is 14.9 Å². The van der Waals surface area contributed by atoms with Crippen molar-refractivity contribution in [3.8, 4) is 11.4 Å². The number of carbonyl (C=O) groups excluding carboxylic acids is 1. The first kappa shape index (κ1) is 21.0. The number of hydrogen-bond donors (Lipinski definition) is 1. The molecular weight excluding hydrogens is 410 g/mol. The van der Waals surface area contributed by atoms with Crippen molar-refractivity contribution in [2.24, 2.45) is 0 Å². The molecule has 0 saturated carbocycles. The van der Waals surface area contributed by atoms with E-state index in [-0.39, 0.29) is 23.4 Å². The molecule has 0 bridgehead atoms. The van der Waals surface area contributed by atoms with E-state index in [1.165, 1.54) is 40.4 Å². The number of nitro groups is 1. The van der Waals surface area contributed by atoms with Crippen molar-refractivity contribution in [2.75, 3.05) is 11.1 Å². The smallest absolute Gasteiger partial charge is 0.271 e. The fourth-order valence-electron chi connectivity index (χ4n) is 2.78. The average Bonchev–Trinajstić information content (AvgIpc) is 3.24. The largest absolute Gasteiger partial charge is 0.325 e. The molecule has 0 fully saturated rings. The van der Waals surface area contributed by atoms with Gasteiger partial charge in [0.2, 0.25) is 5.91 Å². The highest BCUT2D eigenvalue weighted by molar-refractivity contribution is 7.99. The van der Waals surface area contributed by atoms with Gasteiger partial charge in [-0.05, 0) is 39.3 Å². The molecule has 29 heavy (non-hydrogen) atoms. The summed E-state index contributed by atoms with van der Waals surface area (Å²) in [6, 6.07) is 5.99. The van der Waals surface area contributed by atoms with Gasteiger partial charge in [0.15, 0.2) is 11.0 Å². The molecule has 1 amide bonds. The number of amides is 1. The van der Waals surface area contributed by atoms with Gasteiger partial charge in [-0.25, -0.2) is 0 Å². The minimum absolute atomic E-state index is 0.0685.